The number of nitro benzene ring substituents is 1. The number of carbonyl (C=O) groups is 3. The van der Waals surface area contributed by atoms with Crippen molar-refractivity contribution in [1.29, 1.82) is 0 Å². The van der Waals surface area contributed by atoms with E-state index in [-0.39, 0.29) is 18.2 Å². The van der Waals surface area contributed by atoms with E-state index in [0.29, 0.717) is 12.1 Å². The molecule has 4 amide bonds. The van der Waals surface area contributed by atoms with Gasteiger partial charge in [0.15, 0.2) is 5.41 Å². The third kappa shape index (κ3) is 2.70. The van der Waals surface area contributed by atoms with Crippen LogP contribution in [-0.4, -0.2) is 58.5 Å². The number of morpholine rings is 1. The molecular weight excluding hydrogens is 392 g/mol. The standard InChI is InChI=1S/C20H24N4O6/c1-10(2)23-18(26)20(17(25)21-19(23)27)8-13-7-14(24(28)29)5-6-15(13)22-9-11(3)30-12(4)16(20)22/h5-7,10-12,16H,8-9H2,1-4H3,(H,21,25,27)/t11-,12-,16-,20-/m1/s1. The van der Waals surface area contributed by atoms with Crippen molar-refractivity contribution in [2.45, 2.75) is 58.4 Å². The van der Waals surface area contributed by atoms with Crippen LogP contribution in [0, 0.1) is 15.5 Å². The maximum Gasteiger partial charge on any atom is 0.331 e. The van der Waals surface area contributed by atoms with Crippen molar-refractivity contribution >= 4 is 29.2 Å². The molecule has 1 spiro atoms. The van der Waals surface area contributed by atoms with Gasteiger partial charge in [-0.25, -0.2) is 4.79 Å². The second kappa shape index (κ2) is 6.76. The van der Waals surface area contributed by atoms with Crippen LogP contribution >= 0.6 is 0 Å². The molecule has 4 rings (SSSR count). The summed E-state index contributed by atoms with van der Waals surface area (Å²) in [7, 11) is 0. The summed E-state index contributed by atoms with van der Waals surface area (Å²) < 4.78 is 5.99. The average Bonchev–Trinajstić information content (AvgIpc) is 2.64. The van der Waals surface area contributed by atoms with Crippen molar-refractivity contribution in [3.8, 4) is 0 Å². The number of rotatable bonds is 2. The summed E-state index contributed by atoms with van der Waals surface area (Å²) in [5.41, 5.74) is -0.466. The van der Waals surface area contributed by atoms with Crippen LogP contribution < -0.4 is 10.2 Å². The van der Waals surface area contributed by atoms with Gasteiger partial charge in [-0.2, -0.15) is 0 Å². The first kappa shape index (κ1) is 20.3. The van der Waals surface area contributed by atoms with Gasteiger partial charge in [0, 0.05) is 36.8 Å². The molecule has 0 aliphatic carbocycles. The van der Waals surface area contributed by atoms with Gasteiger partial charge in [0.25, 0.3) is 5.69 Å². The molecule has 3 aliphatic heterocycles. The summed E-state index contributed by atoms with van der Waals surface area (Å²) in [6.07, 6.45) is -0.693. The van der Waals surface area contributed by atoms with Crippen molar-refractivity contribution in [2.24, 2.45) is 5.41 Å². The smallest absolute Gasteiger partial charge is 0.331 e. The molecule has 0 saturated carbocycles. The Labute approximate surface area is 173 Å². The van der Waals surface area contributed by atoms with Gasteiger partial charge >= 0.3 is 6.03 Å². The Bertz CT molecular complexity index is 963. The number of benzene rings is 1. The maximum atomic E-state index is 13.7. The fraction of sp³-hybridized carbons (Fsp3) is 0.550. The van der Waals surface area contributed by atoms with Crippen LogP contribution in [0.4, 0.5) is 16.2 Å². The van der Waals surface area contributed by atoms with Crippen LogP contribution in [0.15, 0.2) is 18.2 Å². The maximum absolute atomic E-state index is 13.7. The number of fused-ring (bicyclic) bond motifs is 4. The minimum absolute atomic E-state index is 0.0472. The second-order valence-electron chi connectivity index (χ2n) is 8.50. The third-order valence-electron chi connectivity index (χ3n) is 6.20. The lowest BCUT2D eigenvalue weighted by atomic mass is 9.66. The number of non-ortho nitro benzene ring substituents is 1. The molecule has 0 radical (unpaired) electrons. The number of nitro groups is 1. The number of imide groups is 2. The van der Waals surface area contributed by atoms with Gasteiger partial charge in [-0.05, 0) is 39.3 Å². The largest absolute Gasteiger partial charge is 0.372 e. The number of amides is 4. The van der Waals surface area contributed by atoms with Gasteiger partial charge in [0.1, 0.15) is 0 Å². The Morgan fingerprint density at radius 1 is 1.27 bits per heavy atom. The van der Waals surface area contributed by atoms with E-state index < -0.39 is 46.4 Å². The van der Waals surface area contributed by atoms with Gasteiger partial charge in [-0.3, -0.25) is 29.9 Å². The molecule has 1 aromatic carbocycles. The summed E-state index contributed by atoms with van der Waals surface area (Å²) in [4.78, 5) is 53.2. The first-order valence-electron chi connectivity index (χ1n) is 9.96. The van der Waals surface area contributed by atoms with Gasteiger partial charge in [-0.15, -0.1) is 0 Å². The highest BCUT2D eigenvalue weighted by Crippen LogP contribution is 2.48. The lowest BCUT2D eigenvalue weighted by Crippen LogP contribution is -2.76. The number of anilines is 1. The van der Waals surface area contributed by atoms with Crippen LogP contribution in [0.5, 0.6) is 0 Å². The van der Waals surface area contributed by atoms with Gasteiger partial charge < -0.3 is 9.64 Å². The van der Waals surface area contributed by atoms with Crippen molar-refractivity contribution in [3.05, 3.63) is 33.9 Å². The van der Waals surface area contributed by atoms with E-state index in [1.165, 1.54) is 12.1 Å². The predicted octanol–water partition coefficient (Wildman–Crippen LogP) is 1.61. The Morgan fingerprint density at radius 3 is 2.60 bits per heavy atom. The fourth-order valence-corrected chi connectivity index (χ4v) is 5.11. The fourth-order valence-electron chi connectivity index (χ4n) is 5.11. The quantitative estimate of drug-likeness (QED) is 0.441. The van der Waals surface area contributed by atoms with E-state index in [0.717, 1.165) is 10.6 Å². The number of urea groups is 1. The van der Waals surface area contributed by atoms with Crippen molar-refractivity contribution in [1.82, 2.24) is 10.2 Å². The van der Waals surface area contributed by atoms with Crippen LogP contribution in [0.25, 0.3) is 0 Å². The number of carbonyl (C=O) groups excluding carboxylic acids is 3. The van der Waals surface area contributed by atoms with Crippen LogP contribution in [-0.2, 0) is 20.7 Å². The lowest BCUT2D eigenvalue weighted by Gasteiger charge is -2.56. The SMILES string of the molecule is CC(C)N1C(=O)NC(=O)[C@]2(Cc3cc([N+](=O)[O-])ccc3N3C[C@@H](C)O[C@H](C)[C@@H]32)C1=O. The molecule has 30 heavy (non-hydrogen) atoms. The highest BCUT2D eigenvalue weighted by molar-refractivity contribution is 6.20. The van der Waals surface area contributed by atoms with Crippen LogP contribution in [0.3, 0.4) is 0 Å². The monoisotopic (exact) mass is 416 g/mol. The summed E-state index contributed by atoms with van der Waals surface area (Å²) in [6.45, 7) is 7.51. The minimum Gasteiger partial charge on any atom is -0.372 e. The van der Waals surface area contributed by atoms with Gasteiger partial charge in [0.05, 0.1) is 23.2 Å². The molecule has 1 aromatic rings. The first-order valence-corrected chi connectivity index (χ1v) is 9.96. The zero-order valence-corrected chi connectivity index (χ0v) is 17.2. The number of ether oxygens (including phenoxy) is 1. The van der Waals surface area contributed by atoms with Crippen LogP contribution in [0.1, 0.15) is 33.3 Å². The summed E-state index contributed by atoms with van der Waals surface area (Å²) in [5.74, 6) is -1.28. The molecule has 0 aromatic heterocycles. The molecular formula is C20H24N4O6. The number of nitrogens with one attached hydrogen (secondary N) is 1. The van der Waals surface area contributed by atoms with E-state index in [4.69, 9.17) is 4.74 Å². The van der Waals surface area contributed by atoms with Crippen molar-refractivity contribution < 1.29 is 24.0 Å². The molecule has 10 nitrogen and oxygen atoms in total. The number of hydrogen-bond acceptors (Lipinski definition) is 7. The van der Waals surface area contributed by atoms with Gasteiger partial charge in [-0.1, -0.05) is 0 Å². The molecule has 160 valence electrons. The lowest BCUT2D eigenvalue weighted by molar-refractivity contribution is -0.384. The molecule has 2 saturated heterocycles. The first-order chi connectivity index (χ1) is 14.1. The molecule has 0 bridgehead atoms. The Hall–Kier alpha value is -3.01. The summed E-state index contributed by atoms with van der Waals surface area (Å²) in [6, 6.07) is 2.64. The Morgan fingerprint density at radius 2 is 1.97 bits per heavy atom. The van der Waals surface area contributed by atoms with E-state index >= 15 is 0 Å². The molecule has 1 N–H and O–H groups in total. The van der Waals surface area contributed by atoms with Crippen molar-refractivity contribution in [2.75, 3.05) is 11.4 Å². The van der Waals surface area contributed by atoms with E-state index in [1.54, 1.807) is 19.9 Å². The summed E-state index contributed by atoms with van der Waals surface area (Å²) >= 11 is 0. The number of nitrogens with zero attached hydrogens (tertiary/aromatic N) is 3. The average molecular weight is 416 g/mol. The summed E-state index contributed by atoms with van der Waals surface area (Å²) in [5, 5.41) is 13.7. The predicted molar refractivity (Wildman–Crippen MR) is 106 cm³/mol. The molecule has 3 heterocycles. The minimum atomic E-state index is -1.63. The van der Waals surface area contributed by atoms with E-state index in [9.17, 15) is 24.5 Å². The Balaban J connectivity index is 1.94. The molecule has 3 aliphatic rings. The Kier molecular flexibility index (Phi) is 4.57. The molecule has 10 heteroatoms. The molecule has 2 fully saturated rings. The zero-order chi connectivity index (χ0) is 22.0. The van der Waals surface area contributed by atoms with E-state index in [2.05, 4.69) is 5.32 Å². The van der Waals surface area contributed by atoms with E-state index in [1.807, 2.05) is 18.7 Å². The van der Waals surface area contributed by atoms with Gasteiger partial charge in [0.2, 0.25) is 11.8 Å². The zero-order valence-electron chi connectivity index (χ0n) is 17.2. The highest BCUT2D eigenvalue weighted by atomic mass is 16.6. The molecule has 0 unspecified atom stereocenters. The second-order valence-corrected chi connectivity index (χ2v) is 8.50. The normalized spacial score (nSPS) is 31.0. The topological polar surface area (TPSA) is 122 Å². The molecule has 4 atom stereocenters. The van der Waals surface area contributed by atoms with Crippen LogP contribution in [0.2, 0.25) is 0 Å². The highest BCUT2D eigenvalue weighted by Gasteiger charge is 2.64. The number of barbiturate groups is 1. The van der Waals surface area contributed by atoms with Crippen molar-refractivity contribution in [3.63, 3.8) is 0 Å². The number of hydrogen-bond donors (Lipinski definition) is 1. The third-order valence-corrected chi connectivity index (χ3v) is 6.20.